The van der Waals surface area contributed by atoms with E-state index in [1.807, 2.05) is 0 Å². The first-order valence-corrected chi connectivity index (χ1v) is 7.54. The lowest BCUT2D eigenvalue weighted by Gasteiger charge is -2.13. The van der Waals surface area contributed by atoms with E-state index in [9.17, 15) is 18.3 Å². The Morgan fingerprint density at radius 3 is 2.46 bits per heavy atom. The highest BCUT2D eigenvalue weighted by Crippen LogP contribution is 2.38. The molecule has 0 unspecified atom stereocenters. The number of phenolic OH excluding ortho intramolecular Hbond substituents is 1. The van der Waals surface area contributed by atoms with Gasteiger partial charge in [0.1, 0.15) is 11.2 Å². The summed E-state index contributed by atoms with van der Waals surface area (Å²) in [4.78, 5) is 3.85. The molecule has 0 saturated heterocycles. The van der Waals surface area contributed by atoms with Crippen LogP contribution in [-0.2, 0) is 12.7 Å². The van der Waals surface area contributed by atoms with Crippen LogP contribution < -0.4 is 5.49 Å². The van der Waals surface area contributed by atoms with Crippen LogP contribution in [0.15, 0.2) is 42.9 Å². The van der Waals surface area contributed by atoms with Gasteiger partial charge in [0.25, 0.3) is 0 Å². The van der Waals surface area contributed by atoms with Crippen LogP contribution in [0.5, 0.6) is 5.75 Å². The third-order valence-corrected chi connectivity index (χ3v) is 3.73. The molecule has 3 rings (SSSR count). The standard InChI is InChI=1S/C17H14F3N5O/c1-10-6-11(17(18,19)20)7-14(26)16(10)13-3-2-12(23-24-13)8-25-5-4-15(21)22-9-25/h2-7,9,21,26H,8H2,1H3. The van der Waals surface area contributed by atoms with Crippen LogP contribution in [0, 0.1) is 12.3 Å². The molecule has 0 atom stereocenters. The second kappa shape index (κ2) is 6.58. The van der Waals surface area contributed by atoms with Gasteiger partial charge in [0.15, 0.2) is 0 Å². The Kier molecular flexibility index (Phi) is 4.45. The first kappa shape index (κ1) is 17.6. The minimum absolute atomic E-state index is 0.149. The van der Waals surface area contributed by atoms with Gasteiger partial charge in [-0.05, 0) is 42.8 Å². The van der Waals surface area contributed by atoms with Gasteiger partial charge in [0.05, 0.1) is 29.8 Å². The van der Waals surface area contributed by atoms with Gasteiger partial charge in [-0.15, -0.1) is 0 Å². The zero-order valence-electron chi connectivity index (χ0n) is 13.6. The molecule has 0 saturated carbocycles. The maximum atomic E-state index is 12.8. The normalized spacial score (nSPS) is 11.5. The van der Waals surface area contributed by atoms with E-state index in [-0.39, 0.29) is 22.3 Å². The van der Waals surface area contributed by atoms with Crippen LogP contribution in [0.25, 0.3) is 11.3 Å². The minimum atomic E-state index is -4.53. The highest BCUT2D eigenvalue weighted by Gasteiger charge is 2.32. The number of aryl methyl sites for hydroxylation is 1. The number of aromatic hydroxyl groups is 1. The lowest BCUT2D eigenvalue weighted by molar-refractivity contribution is -0.137. The fraction of sp³-hybridized carbons (Fsp3) is 0.176. The molecule has 2 heterocycles. The number of rotatable bonds is 3. The summed E-state index contributed by atoms with van der Waals surface area (Å²) in [6.07, 6.45) is -1.36. The molecule has 1 aromatic carbocycles. The molecule has 0 fully saturated rings. The molecule has 6 nitrogen and oxygen atoms in total. The maximum absolute atomic E-state index is 12.8. The first-order chi connectivity index (χ1) is 12.2. The summed E-state index contributed by atoms with van der Waals surface area (Å²) in [5.74, 6) is -0.496. The molecule has 0 aliphatic rings. The molecule has 9 heteroatoms. The van der Waals surface area contributed by atoms with Gasteiger partial charge in [-0.25, -0.2) is 4.98 Å². The second-order valence-electron chi connectivity index (χ2n) is 5.71. The van der Waals surface area contributed by atoms with Gasteiger partial charge < -0.3 is 9.67 Å². The summed E-state index contributed by atoms with van der Waals surface area (Å²) in [5.41, 5.74) is 0.580. The van der Waals surface area contributed by atoms with E-state index >= 15 is 0 Å². The smallest absolute Gasteiger partial charge is 0.416 e. The molecule has 0 spiro atoms. The average Bonchev–Trinajstić information content (AvgIpc) is 2.57. The van der Waals surface area contributed by atoms with Gasteiger partial charge >= 0.3 is 6.18 Å². The molecular formula is C17H14F3N5O. The Bertz CT molecular complexity index is 953. The third-order valence-electron chi connectivity index (χ3n) is 3.73. The van der Waals surface area contributed by atoms with Crippen molar-refractivity contribution in [1.29, 1.82) is 5.41 Å². The highest BCUT2D eigenvalue weighted by atomic mass is 19.4. The molecule has 2 aromatic heterocycles. The number of halogens is 3. The summed E-state index contributed by atoms with van der Waals surface area (Å²) in [6.45, 7) is 1.85. The van der Waals surface area contributed by atoms with Crippen molar-refractivity contribution in [3.05, 3.63) is 65.2 Å². The van der Waals surface area contributed by atoms with Crippen LogP contribution in [0.3, 0.4) is 0 Å². The summed E-state index contributed by atoms with van der Waals surface area (Å²) in [6, 6.07) is 6.44. The minimum Gasteiger partial charge on any atom is -0.507 e. The van der Waals surface area contributed by atoms with E-state index in [0.717, 1.165) is 6.07 Å². The Labute approximate surface area is 146 Å². The molecular weight excluding hydrogens is 347 g/mol. The zero-order valence-corrected chi connectivity index (χ0v) is 13.6. The van der Waals surface area contributed by atoms with Gasteiger partial charge in [-0.1, -0.05) is 0 Å². The lowest BCUT2D eigenvalue weighted by atomic mass is 10.0. The van der Waals surface area contributed by atoms with Crippen LogP contribution in [0.1, 0.15) is 16.8 Å². The van der Waals surface area contributed by atoms with Crippen molar-refractivity contribution < 1.29 is 18.3 Å². The van der Waals surface area contributed by atoms with E-state index in [0.29, 0.717) is 18.3 Å². The van der Waals surface area contributed by atoms with E-state index < -0.39 is 17.5 Å². The fourth-order valence-electron chi connectivity index (χ4n) is 2.51. The maximum Gasteiger partial charge on any atom is 0.416 e. The van der Waals surface area contributed by atoms with Crippen molar-refractivity contribution in [2.24, 2.45) is 0 Å². The summed E-state index contributed by atoms with van der Waals surface area (Å²) < 4.78 is 40.1. The first-order valence-electron chi connectivity index (χ1n) is 7.54. The number of alkyl halides is 3. The highest BCUT2D eigenvalue weighted by molar-refractivity contribution is 5.71. The number of hydrogen-bond acceptors (Lipinski definition) is 5. The number of hydrogen-bond donors (Lipinski definition) is 2. The molecule has 0 aliphatic heterocycles. The van der Waals surface area contributed by atoms with Gasteiger partial charge in [-0.3, -0.25) is 5.41 Å². The number of nitrogens with one attached hydrogen (secondary N) is 1. The molecule has 0 aliphatic carbocycles. The van der Waals surface area contributed by atoms with Crippen molar-refractivity contribution in [2.45, 2.75) is 19.6 Å². The molecule has 3 aromatic rings. The number of benzene rings is 1. The Balaban J connectivity index is 1.89. The predicted molar refractivity (Wildman–Crippen MR) is 86.1 cm³/mol. The molecule has 26 heavy (non-hydrogen) atoms. The summed E-state index contributed by atoms with van der Waals surface area (Å²) in [5, 5.41) is 25.4. The van der Waals surface area contributed by atoms with Crippen molar-refractivity contribution in [3.8, 4) is 17.0 Å². The molecule has 2 N–H and O–H groups in total. The molecule has 0 bridgehead atoms. The number of nitrogens with zero attached hydrogens (tertiary/aromatic N) is 4. The fourth-order valence-corrected chi connectivity index (χ4v) is 2.51. The van der Waals surface area contributed by atoms with Crippen molar-refractivity contribution >= 4 is 0 Å². The van der Waals surface area contributed by atoms with Gasteiger partial charge in [-0.2, -0.15) is 23.4 Å². The van der Waals surface area contributed by atoms with E-state index in [1.165, 1.54) is 19.3 Å². The monoisotopic (exact) mass is 361 g/mol. The average molecular weight is 361 g/mol. The largest absolute Gasteiger partial charge is 0.507 e. The van der Waals surface area contributed by atoms with Crippen LogP contribution in [0.2, 0.25) is 0 Å². The van der Waals surface area contributed by atoms with Gasteiger partial charge in [0, 0.05) is 11.8 Å². The lowest BCUT2D eigenvalue weighted by Crippen LogP contribution is -2.10. The Hall–Kier alpha value is -3.23. The second-order valence-corrected chi connectivity index (χ2v) is 5.71. The Morgan fingerprint density at radius 1 is 1.15 bits per heavy atom. The van der Waals surface area contributed by atoms with Crippen molar-refractivity contribution in [2.75, 3.05) is 0 Å². The van der Waals surface area contributed by atoms with Crippen molar-refractivity contribution in [1.82, 2.24) is 19.7 Å². The summed E-state index contributed by atoms with van der Waals surface area (Å²) >= 11 is 0. The number of phenols is 1. The van der Waals surface area contributed by atoms with Crippen LogP contribution in [0.4, 0.5) is 13.2 Å². The molecule has 0 amide bonds. The SMILES string of the molecule is Cc1cc(C(F)(F)F)cc(O)c1-c1ccc(Cn2ccc(=N)nc2)nn1. The van der Waals surface area contributed by atoms with Crippen molar-refractivity contribution in [3.63, 3.8) is 0 Å². The van der Waals surface area contributed by atoms with E-state index in [4.69, 9.17) is 5.41 Å². The quantitative estimate of drug-likeness (QED) is 0.751. The predicted octanol–water partition coefficient (Wildman–Crippen LogP) is 2.90. The summed E-state index contributed by atoms with van der Waals surface area (Å²) in [7, 11) is 0. The number of aromatic nitrogens is 4. The van der Waals surface area contributed by atoms with Gasteiger partial charge in [0.2, 0.25) is 0 Å². The zero-order chi connectivity index (χ0) is 18.9. The van der Waals surface area contributed by atoms with Crippen LogP contribution >= 0.6 is 0 Å². The van der Waals surface area contributed by atoms with Crippen LogP contribution in [-0.4, -0.2) is 24.9 Å². The van der Waals surface area contributed by atoms with E-state index in [2.05, 4.69) is 15.2 Å². The Morgan fingerprint density at radius 2 is 1.92 bits per heavy atom. The third kappa shape index (κ3) is 3.71. The molecule has 134 valence electrons. The van der Waals surface area contributed by atoms with E-state index in [1.54, 1.807) is 22.9 Å². The topological polar surface area (TPSA) is 87.7 Å². The molecule has 0 radical (unpaired) electrons.